The lowest BCUT2D eigenvalue weighted by Crippen LogP contribution is -2.48. The monoisotopic (exact) mass is 365 g/mol. The lowest BCUT2D eigenvalue weighted by Gasteiger charge is -2.31. The summed E-state index contributed by atoms with van der Waals surface area (Å²) in [4.78, 5) is 26.1. The number of aromatic nitrogens is 1. The van der Waals surface area contributed by atoms with Crippen LogP contribution in [0.1, 0.15) is 31.2 Å². The highest BCUT2D eigenvalue weighted by atomic mass is 19.1. The summed E-state index contributed by atoms with van der Waals surface area (Å²) in [5, 5.41) is 4.04. The van der Waals surface area contributed by atoms with Crippen molar-refractivity contribution < 1.29 is 4.39 Å². The minimum Gasteiger partial charge on any atom is -0.364 e. The molecule has 1 atom stereocenters. The number of H-pyrrole nitrogens is 1. The van der Waals surface area contributed by atoms with Gasteiger partial charge in [-0.15, -0.1) is 0 Å². The predicted octanol–water partition coefficient (Wildman–Crippen LogP) is 2.87. The Kier molecular flexibility index (Phi) is 3.81. The number of pyridine rings is 1. The Bertz CT molecular complexity index is 1050. The van der Waals surface area contributed by atoms with Gasteiger partial charge in [-0.25, -0.2) is 14.4 Å². The van der Waals surface area contributed by atoms with Crippen LogP contribution in [0.5, 0.6) is 0 Å². The highest BCUT2D eigenvalue weighted by Gasteiger charge is 2.38. The Hall–Kier alpha value is -2.96. The number of nitrogens with one attached hydrogen (secondary N) is 2. The largest absolute Gasteiger partial charge is 0.364 e. The van der Waals surface area contributed by atoms with Gasteiger partial charge in [-0.3, -0.25) is 4.79 Å². The summed E-state index contributed by atoms with van der Waals surface area (Å²) < 4.78 is 14.2. The summed E-state index contributed by atoms with van der Waals surface area (Å²) in [6, 6.07) is 6.43. The second-order valence-electron chi connectivity index (χ2n) is 7.27. The first-order valence-corrected chi connectivity index (χ1v) is 9.35. The van der Waals surface area contributed by atoms with E-state index in [1.807, 2.05) is 12.3 Å². The highest BCUT2D eigenvalue weighted by molar-refractivity contribution is 6.07. The predicted molar refractivity (Wildman–Crippen MR) is 103 cm³/mol. The van der Waals surface area contributed by atoms with Crippen molar-refractivity contribution in [1.82, 2.24) is 15.2 Å². The number of para-hydroxylation sites is 1. The van der Waals surface area contributed by atoms with Crippen LogP contribution in [0, 0.1) is 11.7 Å². The number of aromatic amines is 1. The van der Waals surface area contributed by atoms with Crippen LogP contribution in [0.4, 0.5) is 4.39 Å². The molecule has 0 saturated heterocycles. The van der Waals surface area contributed by atoms with E-state index in [1.54, 1.807) is 18.3 Å². The van der Waals surface area contributed by atoms with Crippen LogP contribution in [0.3, 0.4) is 0 Å². The zero-order valence-corrected chi connectivity index (χ0v) is 14.8. The van der Waals surface area contributed by atoms with Gasteiger partial charge in [0.1, 0.15) is 11.7 Å². The molecule has 1 unspecified atom stereocenters. The minimum atomic E-state index is -0.418. The molecule has 1 saturated carbocycles. The third-order valence-electron chi connectivity index (χ3n) is 5.59. The van der Waals surface area contributed by atoms with E-state index in [9.17, 15) is 9.18 Å². The second-order valence-corrected chi connectivity index (χ2v) is 7.27. The molecule has 2 N–H and O–H groups in total. The fourth-order valence-electron chi connectivity index (χ4n) is 4.34. The molecule has 138 valence electrons. The number of nitrogens with zero attached hydrogens (tertiary/aromatic N) is 3. The third kappa shape index (κ3) is 2.74. The van der Waals surface area contributed by atoms with Gasteiger partial charge in [0.2, 0.25) is 5.56 Å². The van der Waals surface area contributed by atoms with Crippen molar-refractivity contribution in [3.05, 3.63) is 58.4 Å². The Morgan fingerprint density at radius 2 is 2.11 bits per heavy atom. The molecule has 1 fully saturated rings. The maximum absolute atomic E-state index is 14.2. The fraction of sp³-hybridized carbons (Fsp3) is 0.350. The highest BCUT2D eigenvalue weighted by Crippen LogP contribution is 2.32. The first kappa shape index (κ1) is 16.2. The maximum atomic E-state index is 14.2. The SMILES string of the molecule is O=c1cc(CN2C(C3CCCC3)=NC3=NC=CNC32)c2cccc(F)c2[nH]1. The standard InChI is InChI=1S/C20H20FN5O/c21-15-7-3-6-14-13(10-16(27)24-17(14)15)11-26-19(12-4-1-2-5-12)25-18-20(26)23-9-8-22-18/h3,6-10,12,20,23H,1-2,4-5,11H2,(H,24,27). The molecule has 2 aromatic rings. The van der Waals surface area contributed by atoms with Gasteiger partial charge in [-0.2, -0.15) is 0 Å². The van der Waals surface area contributed by atoms with E-state index >= 15 is 0 Å². The number of hydrogen-bond donors (Lipinski definition) is 2. The van der Waals surface area contributed by atoms with Crippen LogP contribution >= 0.6 is 0 Å². The van der Waals surface area contributed by atoms with Gasteiger partial charge in [0.25, 0.3) is 0 Å². The van der Waals surface area contributed by atoms with Gasteiger partial charge in [0.15, 0.2) is 12.0 Å². The molecule has 6 nitrogen and oxygen atoms in total. The number of fused-ring (bicyclic) bond motifs is 2. The third-order valence-corrected chi connectivity index (χ3v) is 5.59. The average molecular weight is 365 g/mol. The molecule has 3 aliphatic rings. The summed E-state index contributed by atoms with van der Waals surface area (Å²) in [7, 11) is 0. The van der Waals surface area contributed by atoms with Gasteiger partial charge in [0.05, 0.1) is 5.52 Å². The molecule has 7 heteroatoms. The van der Waals surface area contributed by atoms with Gasteiger partial charge in [0, 0.05) is 36.3 Å². The zero-order valence-electron chi connectivity index (χ0n) is 14.8. The Morgan fingerprint density at radius 3 is 2.96 bits per heavy atom. The number of amidine groups is 2. The number of halogens is 1. The van der Waals surface area contributed by atoms with Crippen LogP contribution in [0.15, 0.2) is 51.4 Å². The van der Waals surface area contributed by atoms with Gasteiger partial charge in [-0.1, -0.05) is 25.0 Å². The first-order chi connectivity index (χ1) is 13.2. The van der Waals surface area contributed by atoms with Crippen molar-refractivity contribution in [2.45, 2.75) is 38.4 Å². The zero-order chi connectivity index (χ0) is 18.4. The van der Waals surface area contributed by atoms with Crippen LogP contribution in [0.2, 0.25) is 0 Å². The second kappa shape index (κ2) is 6.33. The van der Waals surface area contributed by atoms with Crippen molar-refractivity contribution in [3.63, 3.8) is 0 Å². The molecule has 3 heterocycles. The average Bonchev–Trinajstić information content (AvgIpc) is 3.31. The van der Waals surface area contributed by atoms with E-state index in [0.29, 0.717) is 12.5 Å². The Labute approximate surface area is 155 Å². The van der Waals surface area contributed by atoms with E-state index in [1.165, 1.54) is 18.9 Å². The van der Waals surface area contributed by atoms with Crippen molar-refractivity contribution >= 4 is 22.6 Å². The number of benzene rings is 1. The van der Waals surface area contributed by atoms with Crippen molar-refractivity contribution in [3.8, 4) is 0 Å². The number of rotatable bonds is 3. The molecule has 0 radical (unpaired) electrons. The molecule has 1 aliphatic carbocycles. The molecule has 1 aromatic carbocycles. The molecule has 5 rings (SSSR count). The molecule has 2 aliphatic heterocycles. The van der Waals surface area contributed by atoms with E-state index < -0.39 is 5.82 Å². The summed E-state index contributed by atoms with van der Waals surface area (Å²) in [5.74, 6) is 1.76. The van der Waals surface area contributed by atoms with Crippen LogP contribution < -0.4 is 10.9 Å². The molecular weight excluding hydrogens is 345 g/mol. The van der Waals surface area contributed by atoms with Crippen molar-refractivity contribution in [2.24, 2.45) is 15.9 Å². The maximum Gasteiger partial charge on any atom is 0.248 e. The lowest BCUT2D eigenvalue weighted by atomic mass is 10.0. The normalized spacial score (nSPS) is 22.0. The molecule has 0 bridgehead atoms. The van der Waals surface area contributed by atoms with Gasteiger partial charge >= 0.3 is 0 Å². The first-order valence-electron chi connectivity index (χ1n) is 9.35. The Morgan fingerprint density at radius 1 is 1.26 bits per heavy atom. The van der Waals surface area contributed by atoms with Crippen molar-refractivity contribution in [2.75, 3.05) is 0 Å². The molecule has 0 amide bonds. The summed E-state index contributed by atoms with van der Waals surface area (Å²) in [6.45, 7) is 0.476. The van der Waals surface area contributed by atoms with Crippen LogP contribution in [-0.2, 0) is 6.54 Å². The summed E-state index contributed by atoms with van der Waals surface area (Å²) >= 11 is 0. The van der Waals surface area contributed by atoms with Gasteiger partial charge < -0.3 is 15.2 Å². The minimum absolute atomic E-state index is 0.145. The van der Waals surface area contributed by atoms with E-state index in [-0.39, 0.29) is 17.2 Å². The van der Waals surface area contributed by atoms with E-state index in [0.717, 1.165) is 35.5 Å². The summed E-state index contributed by atoms with van der Waals surface area (Å²) in [6.07, 6.45) is 8.03. The van der Waals surface area contributed by atoms with Gasteiger partial charge in [-0.05, 0) is 24.5 Å². The smallest absolute Gasteiger partial charge is 0.248 e. The quantitative estimate of drug-likeness (QED) is 0.878. The molecule has 1 aromatic heterocycles. The van der Waals surface area contributed by atoms with Crippen LogP contribution in [-0.4, -0.2) is 27.7 Å². The van der Waals surface area contributed by atoms with E-state index in [2.05, 4.69) is 20.2 Å². The molecular formula is C20H20FN5O. The van der Waals surface area contributed by atoms with Crippen molar-refractivity contribution in [1.29, 1.82) is 0 Å². The molecule has 27 heavy (non-hydrogen) atoms. The topological polar surface area (TPSA) is 72.8 Å². The van der Waals surface area contributed by atoms with E-state index in [4.69, 9.17) is 4.99 Å². The summed E-state index contributed by atoms with van der Waals surface area (Å²) in [5.41, 5.74) is 0.743. The Balaban J connectivity index is 1.58. The number of hydrogen-bond acceptors (Lipinski definition) is 5. The lowest BCUT2D eigenvalue weighted by molar-refractivity contribution is 0.338. The van der Waals surface area contributed by atoms with Crippen LogP contribution in [0.25, 0.3) is 10.9 Å². The fourth-order valence-corrected chi connectivity index (χ4v) is 4.34. The molecule has 0 spiro atoms. The number of aliphatic imine (C=N–C) groups is 2.